The molecule has 1 saturated carbocycles. The minimum Gasteiger partial charge on any atom is -0.351 e. The van der Waals surface area contributed by atoms with Crippen LogP contribution in [-0.2, 0) is 16.1 Å². The molecule has 1 fully saturated rings. The highest BCUT2D eigenvalue weighted by Crippen LogP contribution is 2.28. The number of nitrogens with zero attached hydrogens (tertiary/aromatic N) is 1. The molecule has 1 aliphatic carbocycles. The van der Waals surface area contributed by atoms with Crippen molar-refractivity contribution < 1.29 is 9.59 Å². The van der Waals surface area contributed by atoms with Crippen LogP contribution in [0.5, 0.6) is 0 Å². The predicted octanol–water partition coefficient (Wildman–Crippen LogP) is 5.75. The zero-order chi connectivity index (χ0) is 21.5. The second kappa shape index (κ2) is 11.0. The maximum absolute atomic E-state index is 13.4. The van der Waals surface area contributed by atoms with Gasteiger partial charge < -0.3 is 10.2 Å². The molecule has 0 bridgehead atoms. The lowest BCUT2D eigenvalue weighted by Gasteiger charge is -2.33. The van der Waals surface area contributed by atoms with Crippen molar-refractivity contribution in [2.75, 3.05) is 5.88 Å². The van der Waals surface area contributed by atoms with E-state index in [0.717, 1.165) is 31.2 Å². The average molecular weight is 468 g/mol. The Morgan fingerprint density at radius 2 is 1.67 bits per heavy atom. The highest BCUT2D eigenvalue weighted by Gasteiger charge is 2.33. The molecule has 1 unspecified atom stereocenters. The van der Waals surface area contributed by atoms with E-state index in [1.54, 1.807) is 30.3 Å². The fourth-order valence-corrected chi connectivity index (χ4v) is 4.33. The number of alkyl halides is 1. The zero-order valence-electron chi connectivity index (χ0n) is 16.6. The number of hydrogen-bond donors (Lipinski definition) is 1. The number of carbonyl (C=O) groups is 2. The van der Waals surface area contributed by atoms with Gasteiger partial charge in [-0.15, -0.1) is 11.6 Å². The van der Waals surface area contributed by atoms with Crippen LogP contribution in [0.25, 0.3) is 0 Å². The van der Waals surface area contributed by atoms with Gasteiger partial charge in [-0.3, -0.25) is 9.59 Å². The van der Waals surface area contributed by atoms with Crippen molar-refractivity contribution in [1.29, 1.82) is 0 Å². The minimum atomic E-state index is -0.827. The van der Waals surface area contributed by atoms with Crippen molar-refractivity contribution in [3.8, 4) is 0 Å². The van der Waals surface area contributed by atoms with E-state index in [9.17, 15) is 9.59 Å². The van der Waals surface area contributed by atoms with Crippen molar-refractivity contribution in [2.45, 2.75) is 50.7 Å². The van der Waals surface area contributed by atoms with Gasteiger partial charge in [-0.25, -0.2) is 0 Å². The lowest BCUT2D eigenvalue weighted by atomic mass is 9.94. The molecule has 3 rings (SSSR count). The van der Waals surface area contributed by atoms with Gasteiger partial charge >= 0.3 is 0 Å². The van der Waals surface area contributed by atoms with Gasteiger partial charge in [-0.05, 0) is 42.2 Å². The molecule has 7 heteroatoms. The van der Waals surface area contributed by atoms with E-state index in [1.165, 1.54) is 11.3 Å². The fourth-order valence-electron chi connectivity index (χ4n) is 3.86. The molecule has 160 valence electrons. The molecule has 4 nitrogen and oxygen atoms in total. The summed E-state index contributed by atoms with van der Waals surface area (Å²) in [6.07, 6.45) is 5.29. The number of amides is 2. The molecule has 0 saturated heterocycles. The van der Waals surface area contributed by atoms with E-state index < -0.39 is 6.04 Å². The Bertz CT molecular complexity index is 867. The standard InChI is InChI=1S/C23H25Cl3N2O2/c24-14-21(29)28(15-17-6-4-5-9-20(17)26)22(16-10-12-18(25)13-11-16)23(30)27-19-7-2-1-3-8-19/h4-6,9-13,19,22H,1-3,7-8,14-15H2,(H,27,30). The molecule has 0 aromatic heterocycles. The lowest BCUT2D eigenvalue weighted by molar-refractivity contribution is -0.140. The van der Waals surface area contributed by atoms with E-state index in [-0.39, 0.29) is 30.3 Å². The number of carbonyl (C=O) groups excluding carboxylic acids is 2. The van der Waals surface area contributed by atoms with E-state index in [1.807, 2.05) is 18.2 Å². The van der Waals surface area contributed by atoms with Crippen LogP contribution in [0.1, 0.15) is 49.3 Å². The van der Waals surface area contributed by atoms with Gasteiger partial charge in [0.2, 0.25) is 11.8 Å². The topological polar surface area (TPSA) is 49.4 Å². The number of hydrogen-bond acceptors (Lipinski definition) is 2. The van der Waals surface area contributed by atoms with E-state index in [2.05, 4.69) is 5.32 Å². The lowest BCUT2D eigenvalue weighted by Crippen LogP contribution is -2.47. The number of nitrogens with one attached hydrogen (secondary N) is 1. The summed E-state index contributed by atoms with van der Waals surface area (Å²) < 4.78 is 0. The third kappa shape index (κ3) is 5.90. The summed E-state index contributed by atoms with van der Waals surface area (Å²) in [5, 5.41) is 4.25. The number of halogens is 3. The third-order valence-corrected chi connectivity index (χ3v) is 6.28. The van der Waals surface area contributed by atoms with Gasteiger partial charge in [-0.1, -0.05) is 72.8 Å². The number of rotatable bonds is 7. The van der Waals surface area contributed by atoms with E-state index in [0.29, 0.717) is 15.6 Å². The Morgan fingerprint density at radius 1 is 1.00 bits per heavy atom. The van der Waals surface area contributed by atoms with Crippen LogP contribution in [0.3, 0.4) is 0 Å². The maximum Gasteiger partial charge on any atom is 0.247 e. The van der Waals surface area contributed by atoms with E-state index >= 15 is 0 Å². The minimum absolute atomic E-state index is 0.120. The molecule has 1 N–H and O–H groups in total. The maximum atomic E-state index is 13.4. The molecule has 2 aromatic carbocycles. The Morgan fingerprint density at radius 3 is 2.30 bits per heavy atom. The summed E-state index contributed by atoms with van der Waals surface area (Å²) in [7, 11) is 0. The summed E-state index contributed by atoms with van der Waals surface area (Å²) >= 11 is 18.3. The first-order valence-electron chi connectivity index (χ1n) is 10.1. The molecule has 0 aliphatic heterocycles. The third-order valence-electron chi connectivity index (χ3n) is 5.43. The van der Waals surface area contributed by atoms with Crippen LogP contribution >= 0.6 is 34.8 Å². The van der Waals surface area contributed by atoms with Crippen LogP contribution in [0.2, 0.25) is 10.0 Å². The molecule has 2 aromatic rings. The largest absolute Gasteiger partial charge is 0.351 e. The van der Waals surface area contributed by atoms with Crippen LogP contribution in [0.4, 0.5) is 0 Å². The Kier molecular flexibility index (Phi) is 8.43. The first kappa shape index (κ1) is 22.9. The molecule has 0 spiro atoms. The molecule has 2 amide bonds. The Labute approximate surface area is 192 Å². The normalized spacial score (nSPS) is 15.4. The molecular weight excluding hydrogens is 443 g/mol. The highest BCUT2D eigenvalue weighted by atomic mass is 35.5. The van der Waals surface area contributed by atoms with Gasteiger partial charge in [0.25, 0.3) is 0 Å². The van der Waals surface area contributed by atoms with Gasteiger partial charge in [0.05, 0.1) is 0 Å². The fraction of sp³-hybridized carbons (Fsp3) is 0.391. The average Bonchev–Trinajstić information content (AvgIpc) is 2.76. The second-order valence-electron chi connectivity index (χ2n) is 7.54. The SMILES string of the molecule is O=C(NC1CCCCC1)C(c1ccc(Cl)cc1)N(Cc1ccccc1Cl)C(=O)CCl. The molecule has 1 atom stereocenters. The van der Waals surface area contributed by atoms with Crippen molar-refractivity contribution in [3.05, 3.63) is 69.7 Å². The molecule has 1 aliphatic rings. The van der Waals surface area contributed by atoms with Gasteiger partial charge in [-0.2, -0.15) is 0 Å². The zero-order valence-corrected chi connectivity index (χ0v) is 18.9. The predicted molar refractivity (Wildman–Crippen MR) is 122 cm³/mol. The Hall–Kier alpha value is -1.75. The van der Waals surface area contributed by atoms with Crippen molar-refractivity contribution in [3.63, 3.8) is 0 Å². The van der Waals surface area contributed by atoms with Crippen molar-refractivity contribution >= 4 is 46.6 Å². The first-order valence-corrected chi connectivity index (χ1v) is 11.4. The highest BCUT2D eigenvalue weighted by molar-refractivity contribution is 6.31. The Balaban J connectivity index is 1.95. The molecular formula is C23H25Cl3N2O2. The van der Waals surface area contributed by atoms with Crippen molar-refractivity contribution in [1.82, 2.24) is 10.2 Å². The summed E-state index contributed by atoms with van der Waals surface area (Å²) in [4.78, 5) is 27.8. The number of benzene rings is 2. The van der Waals surface area contributed by atoms with Gasteiger partial charge in [0.15, 0.2) is 0 Å². The molecule has 30 heavy (non-hydrogen) atoms. The van der Waals surface area contributed by atoms with Crippen LogP contribution < -0.4 is 5.32 Å². The smallest absolute Gasteiger partial charge is 0.247 e. The van der Waals surface area contributed by atoms with Crippen LogP contribution in [-0.4, -0.2) is 28.6 Å². The molecule has 0 heterocycles. The molecule has 0 radical (unpaired) electrons. The first-order chi connectivity index (χ1) is 14.5. The summed E-state index contributed by atoms with van der Waals surface area (Å²) in [6.45, 7) is 0.177. The van der Waals surface area contributed by atoms with Gasteiger partial charge in [0, 0.05) is 22.6 Å². The summed E-state index contributed by atoms with van der Waals surface area (Å²) in [5.74, 6) is -0.782. The monoisotopic (exact) mass is 466 g/mol. The van der Waals surface area contributed by atoms with Crippen molar-refractivity contribution in [2.24, 2.45) is 0 Å². The van der Waals surface area contributed by atoms with Crippen LogP contribution in [0, 0.1) is 0 Å². The van der Waals surface area contributed by atoms with Crippen LogP contribution in [0.15, 0.2) is 48.5 Å². The quantitative estimate of drug-likeness (QED) is 0.527. The van der Waals surface area contributed by atoms with Gasteiger partial charge in [0.1, 0.15) is 11.9 Å². The second-order valence-corrected chi connectivity index (χ2v) is 8.66. The van der Waals surface area contributed by atoms with E-state index in [4.69, 9.17) is 34.8 Å². The summed E-state index contributed by atoms with van der Waals surface area (Å²) in [6, 6.07) is 13.6. The summed E-state index contributed by atoms with van der Waals surface area (Å²) in [5.41, 5.74) is 1.43.